The molecule has 2 atom stereocenters. The minimum absolute atomic E-state index is 0.0547. The summed E-state index contributed by atoms with van der Waals surface area (Å²) in [7, 11) is 0. The molecule has 2 aromatic rings. The summed E-state index contributed by atoms with van der Waals surface area (Å²) in [6, 6.07) is 10.6. The van der Waals surface area contributed by atoms with Crippen molar-refractivity contribution in [3.63, 3.8) is 0 Å². The predicted octanol–water partition coefficient (Wildman–Crippen LogP) is 3.18. The second-order valence-corrected chi connectivity index (χ2v) is 9.64. The predicted molar refractivity (Wildman–Crippen MR) is 128 cm³/mol. The molecule has 3 saturated heterocycles. The van der Waals surface area contributed by atoms with Crippen molar-refractivity contribution in [3.05, 3.63) is 36.0 Å². The summed E-state index contributed by atoms with van der Waals surface area (Å²) in [6.45, 7) is 7.31. The second-order valence-electron chi connectivity index (χ2n) is 9.64. The summed E-state index contributed by atoms with van der Waals surface area (Å²) in [5, 5.41) is 10.4. The molecule has 4 heterocycles. The van der Waals surface area contributed by atoms with E-state index >= 15 is 0 Å². The Balaban J connectivity index is 1.28. The van der Waals surface area contributed by atoms with E-state index in [1.165, 1.54) is 32.4 Å². The lowest BCUT2D eigenvalue weighted by Crippen LogP contribution is -2.56. The van der Waals surface area contributed by atoms with Crippen molar-refractivity contribution in [2.24, 2.45) is 0 Å². The number of anilines is 1. The van der Waals surface area contributed by atoms with Gasteiger partial charge >= 0.3 is 0 Å². The first-order chi connectivity index (χ1) is 16.1. The maximum atomic E-state index is 13.4. The first kappa shape index (κ1) is 22.1. The third kappa shape index (κ3) is 4.55. The van der Waals surface area contributed by atoms with Crippen LogP contribution in [0.1, 0.15) is 44.6 Å². The molecule has 0 aliphatic carbocycles. The highest BCUT2D eigenvalue weighted by Gasteiger charge is 2.36. The molecule has 3 fully saturated rings. The average molecular weight is 448 g/mol. The molecule has 5 rings (SSSR count). The molecule has 0 saturated carbocycles. The second kappa shape index (κ2) is 9.66. The van der Waals surface area contributed by atoms with Crippen LogP contribution < -0.4 is 4.90 Å². The molecule has 0 N–H and O–H groups in total. The number of nitriles is 1. The fourth-order valence-corrected chi connectivity index (χ4v) is 5.75. The molecular weight excluding hydrogens is 414 g/mol. The van der Waals surface area contributed by atoms with E-state index in [0.717, 1.165) is 37.0 Å². The Bertz CT molecular complexity index is 1040. The van der Waals surface area contributed by atoms with Gasteiger partial charge in [-0.1, -0.05) is 6.42 Å². The molecule has 1 amide bonds. The van der Waals surface area contributed by atoms with E-state index in [0.29, 0.717) is 30.2 Å². The summed E-state index contributed by atoms with van der Waals surface area (Å²) in [4.78, 5) is 24.7. The first-order valence-corrected chi connectivity index (χ1v) is 12.3. The summed E-state index contributed by atoms with van der Waals surface area (Å²) in [6.07, 6.45) is 7.28. The Kier molecular flexibility index (Phi) is 6.48. The standard InChI is InChI=1S/C26H33N5O2/c1-19-17-31(23-8-7-20(16-27)25-22(23)6-5-11-28-25)18-24(33-19)26(32)30-14-9-21(10-15-30)29-12-3-2-4-13-29/h5-8,11,19,21,24H,2-4,9-10,12-15,17-18H2,1H3/t19-,24-/m1/s1. The molecule has 1 aromatic carbocycles. The van der Waals surface area contributed by atoms with Gasteiger partial charge in [-0.05, 0) is 70.0 Å². The van der Waals surface area contributed by atoms with Crippen LogP contribution in [0.4, 0.5) is 5.69 Å². The zero-order valence-electron chi connectivity index (χ0n) is 19.4. The van der Waals surface area contributed by atoms with Crippen LogP contribution in [-0.4, -0.2) is 78.2 Å². The minimum atomic E-state index is -0.470. The van der Waals surface area contributed by atoms with E-state index in [1.54, 1.807) is 6.20 Å². The summed E-state index contributed by atoms with van der Waals surface area (Å²) in [5.74, 6) is 0.111. The zero-order chi connectivity index (χ0) is 22.8. The molecule has 0 spiro atoms. The Morgan fingerprint density at radius 1 is 1.09 bits per heavy atom. The monoisotopic (exact) mass is 447 g/mol. The molecule has 7 heteroatoms. The topological polar surface area (TPSA) is 72.7 Å². The van der Waals surface area contributed by atoms with E-state index < -0.39 is 6.10 Å². The van der Waals surface area contributed by atoms with Gasteiger partial charge in [0.1, 0.15) is 6.07 Å². The Morgan fingerprint density at radius 2 is 1.88 bits per heavy atom. The number of pyridine rings is 1. The van der Waals surface area contributed by atoms with Gasteiger partial charge in [0.05, 0.1) is 23.7 Å². The fraction of sp³-hybridized carbons (Fsp3) is 0.577. The number of likely N-dealkylation sites (tertiary alicyclic amines) is 2. The van der Waals surface area contributed by atoms with Crippen molar-refractivity contribution in [2.75, 3.05) is 44.2 Å². The van der Waals surface area contributed by atoms with Gasteiger partial charge in [-0.15, -0.1) is 0 Å². The minimum Gasteiger partial charge on any atom is -0.365 e. The lowest BCUT2D eigenvalue weighted by atomic mass is 9.99. The van der Waals surface area contributed by atoms with Crippen molar-refractivity contribution in [1.29, 1.82) is 5.26 Å². The number of aromatic nitrogens is 1. The smallest absolute Gasteiger partial charge is 0.253 e. The van der Waals surface area contributed by atoms with Crippen LogP contribution in [0.15, 0.2) is 30.5 Å². The number of hydrogen-bond donors (Lipinski definition) is 0. The molecule has 3 aliphatic rings. The van der Waals surface area contributed by atoms with Gasteiger partial charge in [0.25, 0.3) is 5.91 Å². The number of carbonyl (C=O) groups is 1. The van der Waals surface area contributed by atoms with Crippen molar-refractivity contribution < 1.29 is 9.53 Å². The van der Waals surface area contributed by atoms with Gasteiger partial charge in [-0.2, -0.15) is 5.26 Å². The lowest BCUT2D eigenvalue weighted by molar-refractivity contribution is -0.149. The van der Waals surface area contributed by atoms with E-state index in [1.807, 2.05) is 36.1 Å². The largest absolute Gasteiger partial charge is 0.365 e. The number of amides is 1. The van der Waals surface area contributed by atoms with Gasteiger partial charge in [-0.3, -0.25) is 9.78 Å². The van der Waals surface area contributed by atoms with Gasteiger partial charge < -0.3 is 19.4 Å². The highest BCUT2D eigenvalue weighted by Crippen LogP contribution is 2.31. The van der Waals surface area contributed by atoms with E-state index in [9.17, 15) is 10.1 Å². The number of ether oxygens (including phenoxy) is 1. The number of carbonyl (C=O) groups excluding carboxylic acids is 1. The maximum absolute atomic E-state index is 13.4. The van der Waals surface area contributed by atoms with Gasteiger partial charge in [-0.25, -0.2) is 0 Å². The number of morpholine rings is 1. The molecule has 0 radical (unpaired) electrons. The molecular formula is C26H33N5O2. The number of piperidine rings is 2. The van der Waals surface area contributed by atoms with Crippen molar-refractivity contribution in [3.8, 4) is 6.07 Å². The van der Waals surface area contributed by atoms with Crippen LogP contribution in [0.3, 0.4) is 0 Å². The van der Waals surface area contributed by atoms with Crippen molar-refractivity contribution in [2.45, 2.75) is 57.3 Å². The zero-order valence-corrected chi connectivity index (χ0v) is 19.4. The number of fused-ring (bicyclic) bond motifs is 1. The quantitative estimate of drug-likeness (QED) is 0.720. The van der Waals surface area contributed by atoms with E-state index in [2.05, 4.69) is 20.9 Å². The molecule has 3 aliphatic heterocycles. The average Bonchev–Trinajstić information content (AvgIpc) is 2.88. The SMILES string of the molecule is C[C@@H]1CN(c2ccc(C#N)c3ncccc23)C[C@H](C(=O)N2CCC(N3CCCCC3)CC2)O1. The van der Waals surface area contributed by atoms with Gasteiger partial charge in [0.2, 0.25) is 0 Å². The van der Waals surface area contributed by atoms with E-state index in [-0.39, 0.29) is 12.0 Å². The summed E-state index contributed by atoms with van der Waals surface area (Å²) in [5.41, 5.74) is 2.29. The summed E-state index contributed by atoms with van der Waals surface area (Å²) >= 11 is 0. The van der Waals surface area contributed by atoms with E-state index in [4.69, 9.17) is 4.74 Å². The molecule has 0 unspecified atom stereocenters. The van der Waals surface area contributed by atoms with Crippen LogP contribution in [0.5, 0.6) is 0 Å². The third-order valence-electron chi connectivity index (χ3n) is 7.43. The number of hydrogen-bond acceptors (Lipinski definition) is 6. The van der Waals surface area contributed by atoms with Gasteiger partial charge in [0, 0.05) is 42.9 Å². The number of rotatable bonds is 3. The Morgan fingerprint density at radius 3 is 2.64 bits per heavy atom. The number of nitrogens with zero attached hydrogens (tertiary/aromatic N) is 5. The van der Waals surface area contributed by atoms with Crippen LogP contribution in [0.2, 0.25) is 0 Å². The molecule has 7 nitrogen and oxygen atoms in total. The number of benzene rings is 1. The van der Waals surface area contributed by atoms with Crippen LogP contribution in [-0.2, 0) is 9.53 Å². The first-order valence-electron chi connectivity index (χ1n) is 12.3. The highest BCUT2D eigenvalue weighted by molar-refractivity contribution is 5.95. The normalized spacial score (nSPS) is 25.2. The maximum Gasteiger partial charge on any atom is 0.253 e. The van der Waals surface area contributed by atoms with Crippen molar-refractivity contribution in [1.82, 2.24) is 14.8 Å². The molecule has 33 heavy (non-hydrogen) atoms. The summed E-state index contributed by atoms with van der Waals surface area (Å²) < 4.78 is 6.14. The van der Waals surface area contributed by atoms with Crippen LogP contribution in [0, 0.1) is 11.3 Å². The molecule has 174 valence electrons. The molecule has 0 bridgehead atoms. The Labute approximate surface area is 195 Å². The fourth-order valence-electron chi connectivity index (χ4n) is 5.75. The highest BCUT2D eigenvalue weighted by atomic mass is 16.5. The van der Waals surface area contributed by atoms with Crippen LogP contribution >= 0.6 is 0 Å². The van der Waals surface area contributed by atoms with Crippen LogP contribution in [0.25, 0.3) is 10.9 Å². The Hall–Kier alpha value is -2.69. The third-order valence-corrected chi connectivity index (χ3v) is 7.43. The van der Waals surface area contributed by atoms with Crippen molar-refractivity contribution >= 4 is 22.5 Å². The van der Waals surface area contributed by atoms with Gasteiger partial charge in [0.15, 0.2) is 6.10 Å². The molecule has 1 aromatic heterocycles. The lowest BCUT2D eigenvalue weighted by Gasteiger charge is -2.43.